The smallest absolute Gasteiger partial charge is 0.297 e. The lowest BCUT2D eigenvalue weighted by molar-refractivity contribution is -0.158. The Labute approximate surface area is 127 Å². The highest BCUT2D eigenvalue weighted by atomic mass is 35.5. The molecule has 0 aliphatic heterocycles. The van der Waals surface area contributed by atoms with E-state index in [-0.39, 0.29) is 12.1 Å². The molecule has 0 radical (unpaired) electrons. The van der Waals surface area contributed by atoms with Gasteiger partial charge in [0.1, 0.15) is 6.04 Å². The van der Waals surface area contributed by atoms with Crippen molar-refractivity contribution in [2.45, 2.75) is 18.8 Å². The van der Waals surface area contributed by atoms with Gasteiger partial charge in [-0.25, -0.2) is 0 Å². The number of aromatic nitrogens is 4. The average Bonchev–Trinajstić information content (AvgIpc) is 3.07. The van der Waals surface area contributed by atoms with E-state index in [0.717, 1.165) is 6.20 Å². The first-order valence-electron chi connectivity index (χ1n) is 6.36. The van der Waals surface area contributed by atoms with Crippen LogP contribution >= 0.6 is 11.6 Å². The monoisotopic (exact) mass is 329 g/mol. The fraction of sp³-hybridized carbons (Fsp3) is 0.231. The van der Waals surface area contributed by atoms with Crippen LogP contribution in [0.3, 0.4) is 0 Å². The van der Waals surface area contributed by atoms with Crippen molar-refractivity contribution in [2.24, 2.45) is 0 Å². The molecule has 22 heavy (non-hydrogen) atoms. The van der Waals surface area contributed by atoms with Crippen LogP contribution in [-0.4, -0.2) is 26.6 Å². The molecule has 3 rings (SSSR count). The van der Waals surface area contributed by atoms with Crippen LogP contribution in [0.15, 0.2) is 30.6 Å². The zero-order chi connectivity index (χ0) is 15.7. The number of nitrogens with zero attached hydrogens (tertiary/aromatic N) is 2. The molecule has 0 aliphatic carbocycles. The maximum atomic E-state index is 13.1. The Balaban J connectivity index is 1.84. The van der Waals surface area contributed by atoms with Gasteiger partial charge in [0.05, 0.1) is 17.4 Å². The van der Waals surface area contributed by atoms with Crippen LogP contribution < -0.4 is 5.32 Å². The number of fused-ring (bicyclic) bond motifs is 1. The summed E-state index contributed by atoms with van der Waals surface area (Å²) in [7, 11) is 0. The van der Waals surface area contributed by atoms with Crippen molar-refractivity contribution in [3.8, 4) is 0 Å². The quantitative estimate of drug-likeness (QED) is 0.687. The SMILES string of the molecule is FC(F)(F)C(NCc1[nH]nc2ccc(Cl)cc12)c1cn[nH]c1. The number of H-pyrrole nitrogens is 2. The average molecular weight is 330 g/mol. The molecule has 3 N–H and O–H groups in total. The van der Waals surface area contributed by atoms with Gasteiger partial charge in [0.25, 0.3) is 0 Å². The van der Waals surface area contributed by atoms with Gasteiger partial charge in [0.15, 0.2) is 0 Å². The molecule has 1 unspecified atom stereocenters. The van der Waals surface area contributed by atoms with Gasteiger partial charge in [-0.15, -0.1) is 0 Å². The van der Waals surface area contributed by atoms with E-state index in [1.165, 1.54) is 6.20 Å². The fourth-order valence-corrected chi connectivity index (χ4v) is 2.39. The fourth-order valence-electron chi connectivity index (χ4n) is 2.22. The number of hydrogen-bond donors (Lipinski definition) is 3. The Bertz CT molecular complexity index is 766. The predicted octanol–water partition coefficient (Wildman–Crippen LogP) is 3.33. The molecule has 3 aromatic rings. The molecule has 2 heterocycles. The van der Waals surface area contributed by atoms with Crippen molar-refractivity contribution in [3.05, 3.63) is 46.9 Å². The van der Waals surface area contributed by atoms with Crippen LogP contribution in [0.5, 0.6) is 0 Å². The summed E-state index contributed by atoms with van der Waals surface area (Å²) < 4.78 is 39.4. The number of nitrogens with one attached hydrogen (secondary N) is 3. The highest BCUT2D eigenvalue weighted by Crippen LogP contribution is 2.32. The molecule has 1 aromatic carbocycles. The largest absolute Gasteiger partial charge is 0.408 e. The first kappa shape index (κ1) is 14.9. The first-order chi connectivity index (χ1) is 10.4. The van der Waals surface area contributed by atoms with Gasteiger partial charge in [-0.05, 0) is 18.2 Å². The third-order valence-electron chi connectivity index (χ3n) is 3.26. The molecule has 9 heteroatoms. The lowest BCUT2D eigenvalue weighted by atomic mass is 10.1. The minimum Gasteiger partial charge on any atom is -0.297 e. The Kier molecular flexibility index (Phi) is 3.79. The second-order valence-electron chi connectivity index (χ2n) is 4.75. The molecule has 0 fully saturated rings. The molecule has 0 amide bonds. The molecule has 0 bridgehead atoms. The third kappa shape index (κ3) is 2.93. The van der Waals surface area contributed by atoms with Gasteiger partial charge >= 0.3 is 6.18 Å². The molecule has 2 aromatic heterocycles. The van der Waals surface area contributed by atoms with E-state index in [2.05, 4.69) is 25.7 Å². The molecule has 0 saturated heterocycles. The lowest BCUT2D eigenvalue weighted by Gasteiger charge is -2.20. The minimum absolute atomic E-state index is 0.0225. The summed E-state index contributed by atoms with van der Waals surface area (Å²) in [6.45, 7) is -0.0355. The number of rotatable bonds is 4. The van der Waals surface area contributed by atoms with Gasteiger partial charge in [-0.3, -0.25) is 15.5 Å². The van der Waals surface area contributed by atoms with Crippen molar-refractivity contribution < 1.29 is 13.2 Å². The number of alkyl halides is 3. The molecule has 0 saturated carbocycles. The summed E-state index contributed by atoms with van der Waals surface area (Å²) in [5.41, 5.74) is 1.21. The molecule has 0 aliphatic rings. The van der Waals surface area contributed by atoms with Crippen LogP contribution in [0.2, 0.25) is 5.02 Å². The number of hydrogen-bond acceptors (Lipinski definition) is 3. The molecule has 116 valence electrons. The van der Waals surface area contributed by atoms with Gasteiger partial charge in [0.2, 0.25) is 0 Å². The van der Waals surface area contributed by atoms with E-state index in [4.69, 9.17) is 11.6 Å². The van der Waals surface area contributed by atoms with Crippen molar-refractivity contribution in [3.63, 3.8) is 0 Å². The van der Waals surface area contributed by atoms with Crippen molar-refractivity contribution in [1.82, 2.24) is 25.7 Å². The van der Waals surface area contributed by atoms with Crippen LogP contribution in [0.4, 0.5) is 13.2 Å². The van der Waals surface area contributed by atoms with Gasteiger partial charge in [0, 0.05) is 28.7 Å². The molecule has 5 nitrogen and oxygen atoms in total. The summed E-state index contributed by atoms with van der Waals surface area (Å²) in [5, 5.41) is 16.4. The molecule has 0 spiro atoms. The van der Waals surface area contributed by atoms with Crippen LogP contribution in [0, 0.1) is 0 Å². The molecular weight excluding hydrogens is 319 g/mol. The lowest BCUT2D eigenvalue weighted by Crippen LogP contribution is -2.33. The van der Waals surface area contributed by atoms with E-state index >= 15 is 0 Å². The Morgan fingerprint density at radius 1 is 1.32 bits per heavy atom. The topological polar surface area (TPSA) is 69.4 Å². The Hall–Kier alpha value is -2.06. The third-order valence-corrected chi connectivity index (χ3v) is 3.49. The maximum Gasteiger partial charge on any atom is 0.408 e. The molecular formula is C13H11ClF3N5. The standard InChI is InChI=1S/C13H11ClF3N5/c14-8-1-2-10-9(3-8)11(22-21-10)6-18-12(13(15,16)17)7-4-19-20-5-7/h1-5,12,18H,6H2,(H,19,20)(H,21,22). The highest BCUT2D eigenvalue weighted by Gasteiger charge is 2.41. The second kappa shape index (κ2) is 5.62. The van der Waals surface area contributed by atoms with Gasteiger partial charge < -0.3 is 0 Å². The van der Waals surface area contributed by atoms with Crippen LogP contribution in [0.1, 0.15) is 17.3 Å². The van der Waals surface area contributed by atoms with E-state index in [1.807, 2.05) is 0 Å². The van der Waals surface area contributed by atoms with Gasteiger partial charge in [-0.1, -0.05) is 11.6 Å². The predicted molar refractivity (Wildman–Crippen MR) is 75.3 cm³/mol. The summed E-state index contributed by atoms with van der Waals surface area (Å²) in [4.78, 5) is 0. The van der Waals surface area contributed by atoms with Crippen LogP contribution in [-0.2, 0) is 6.54 Å². The Morgan fingerprint density at radius 2 is 2.14 bits per heavy atom. The zero-order valence-electron chi connectivity index (χ0n) is 11.1. The first-order valence-corrected chi connectivity index (χ1v) is 6.74. The summed E-state index contributed by atoms with van der Waals surface area (Å²) >= 11 is 5.91. The summed E-state index contributed by atoms with van der Waals surface area (Å²) in [5.74, 6) is 0. The van der Waals surface area contributed by atoms with Gasteiger partial charge in [-0.2, -0.15) is 23.4 Å². The molecule has 1 atom stereocenters. The van der Waals surface area contributed by atoms with E-state index < -0.39 is 12.2 Å². The number of halogens is 4. The van der Waals surface area contributed by atoms with E-state index in [9.17, 15) is 13.2 Å². The summed E-state index contributed by atoms with van der Waals surface area (Å²) in [6.07, 6.45) is -2.07. The minimum atomic E-state index is -4.43. The Morgan fingerprint density at radius 3 is 2.82 bits per heavy atom. The van der Waals surface area contributed by atoms with Crippen molar-refractivity contribution in [1.29, 1.82) is 0 Å². The zero-order valence-corrected chi connectivity index (χ0v) is 11.8. The number of benzene rings is 1. The second-order valence-corrected chi connectivity index (χ2v) is 5.19. The van der Waals surface area contributed by atoms with Crippen molar-refractivity contribution in [2.75, 3.05) is 0 Å². The maximum absolute atomic E-state index is 13.1. The highest BCUT2D eigenvalue weighted by molar-refractivity contribution is 6.31. The number of aromatic amines is 2. The van der Waals surface area contributed by atoms with E-state index in [1.54, 1.807) is 18.2 Å². The van der Waals surface area contributed by atoms with E-state index in [0.29, 0.717) is 21.6 Å². The normalized spacial score (nSPS) is 13.6. The van der Waals surface area contributed by atoms with Crippen LogP contribution in [0.25, 0.3) is 10.9 Å². The summed E-state index contributed by atoms with van der Waals surface area (Å²) in [6, 6.07) is 3.22. The van der Waals surface area contributed by atoms with Crippen molar-refractivity contribution >= 4 is 22.5 Å².